The van der Waals surface area contributed by atoms with Gasteiger partial charge in [0.2, 0.25) is 15.9 Å². The molecule has 1 atom stereocenters. The van der Waals surface area contributed by atoms with Crippen LogP contribution in [-0.4, -0.2) is 76.0 Å². The first-order valence-electron chi connectivity index (χ1n) is 10.1. The highest BCUT2D eigenvalue weighted by atomic mass is 32.2. The molecule has 0 saturated carbocycles. The van der Waals surface area contributed by atoms with Gasteiger partial charge in [0.1, 0.15) is 5.82 Å². The number of carbonyl (C=O) groups is 1. The van der Waals surface area contributed by atoms with Gasteiger partial charge in [-0.2, -0.15) is 4.31 Å². The summed E-state index contributed by atoms with van der Waals surface area (Å²) in [7, 11) is -2.51. The molecule has 1 aliphatic rings. The lowest BCUT2D eigenvalue weighted by atomic mass is 9.92. The molecule has 1 saturated heterocycles. The highest BCUT2D eigenvalue weighted by Gasteiger charge is 2.28. The van der Waals surface area contributed by atoms with Crippen LogP contribution in [0.2, 0.25) is 0 Å². The third-order valence-corrected chi connectivity index (χ3v) is 7.32. The van der Waals surface area contributed by atoms with E-state index >= 15 is 0 Å². The van der Waals surface area contributed by atoms with Gasteiger partial charge in [0, 0.05) is 32.7 Å². The van der Waals surface area contributed by atoms with Crippen molar-refractivity contribution in [2.75, 3.05) is 46.4 Å². The maximum Gasteiger partial charge on any atom is 0.243 e. The number of hydrogen-bond donors (Lipinski definition) is 1. The third-order valence-electron chi connectivity index (χ3n) is 5.50. The molecule has 1 unspecified atom stereocenters. The van der Waals surface area contributed by atoms with E-state index in [9.17, 15) is 17.6 Å². The lowest BCUT2D eigenvalue weighted by Crippen LogP contribution is -2.52. The lowest BCUT2D eigenvalue weighted by molar-refractivity contribution is -0.121. The maximum atomic E-state index is 13.1. The van der Waals surface area contributed by atoms with Gasteiger partial charge in [0.05, 0.1) is 24.7 Å². The molecule has 1 aromatic carbocycles. The number of halogens is 1. The first-order valence-corrected chi connectivity index (χ1v) is 11.5. The molecule has 1 fully saturated rings. The highest BCUT2D eigenvalue weighted by Crippen LogP contribution is 2.20. The van der Waals surface area contributed by atoms with E-state index in [0.29, 0.717) is 25.7 Å². The molecule has 0 aliphatic carbocycles. The number of morpholine rings is 1. The topological polar surface area (TPSA) is 79.0 Å². The van der Waals surface area contributed by atoms with Crippen molar-refractivity contribution in [3.63, 3.8) is 0 Å². The minimum Gasteiger partial charge on any atom is -0.379 e. The Hall–Kier alpha value is -1.55. The quantitative estimate of drug-likeness (QED) is 0.613. The van der Waals surface area contributed by atoms with Crippen molar-refractivity contribution >= 4 is 15.9 Å². The third kappa shape index (κ3) is 6.47. The Kier molecular flexibility index (Phi) is 9.01. The Morgan fingerprint density at radius 3 is 2.34 bits per heavy atom. The lowest BCUT2D eigenvalue weighted by Gasteiger charge is -2.38. The number of benzene rings is 1. The van der Waals surface area contributed by atoms with E-state index < -0.39 is 15.8 Å². The minimum atomic E-state index is -3.86. The molecule has 7 nitrogen and oxygen atoms in total. The van der Waals surface area contributed by atoms with Crippen LogP contribution in [0.3, 0.4) is 0 Å². The zero-order valence-electron chi connectivity index (χ0n) is 17.4. The van der Waals surface area contributed by atoms with Gasteiger partial charge in [-0.25, -0.2) is 12.8 Å². The average molecular weight is 430 g/mol. The van der Waals surface area contributed by atoms with Crippen LogP contribution in [0.25, 0.3) is 0 Å². The fourth-order valence-corrected chi connectivity index (χ4v) is 4.81. The van der Waals surface area contributed by atoms with Crippen LogP contribution >= 0.6 is 0 Å². The fourth-order valence-electron chi connectivity index (χ4n) is 3.68. The van der Waals surface area contributed by atoms with Crippen molar-refractivity contribution < 1.29 is 22.3 Å². The van der Waals surface area contributed by atoms with E-state index in [4.69, 9.17) is 4.74 Å². The predicted molar refractivity (Wildman–Crippen MR) is 109 cm³/mol. The van der Waals surface area contributed by atoms with Gasteiger partial charge in [0.25, 0.3) is 0 Å². The molecule has 0 aromatic heterocycles. The monoisotopic (exact) mass is 429 g/mol. The molecule has 1 N–H and O–H groups in total. The van der Waals surface area contributed by atoms with Crippen LogP contribution in [0.1, 0.15) is 26.7 Å². The van der Waals surface area contributed by atoms with Crippen molar-refractivity contribution in [3.05, 3.63) is 30.1 Å². The molecule has 2 rings (SSSR count). The van der Waals surface area contributed by atoms with E-state index in [0.717, 1.165) is 42.4 Å². The van der Waals surface area contributed by atoms with Gasteiger partial charge >= 0.3 is 0 Å². The normalized spacial score (nSPS) is 16.9. The molecule has 1 amide bonds. The van der Waals surface area contributed by atoms with Crippen molar-refractivity contribution in [1.82, 2.24) is 14.5 Å². The molecular weight excluding hydrogens is 397 g/mol. The zero-order chi connectivity index (χ0) is 21.4. The number of sulfonamides is 1. The first-order chi connectivity index (χ1) is 13.8. The van der Waals surface area contributed by atoms with Crippen LogP contribution in [0.15, 0.2) is 29.2 Å². The van der Waals surface area contributed by atoms with Crippen LogP contribution < -0.4 is 5.32 Å². The van der Waals surface area contributed by atoms with Gasteiger partial charge in [-0.05, 0) is 30.2 Å². The summed E-state index contributed by atoms with van der Waals surface area (Å²) in [5.41, 5.74) is 0. The average Bonchev–Trinajstić information content (AvgIpc) is 2.72. The Morgan fingerprint density at radius 1 is 1.21 bits per heavy atom. The second-order valence-electron chi connectivity index (χ2n) is 7.31. The van der Waals surface area contributed by atoms with Crippen LogP contribution in [0.5, 0.6) is 0 Å². The van der Waals surface area contributed by atoms with Crippen LogP contribution in [-0.2, 0) is 19.6 Å². The number of nitrogens with zero attached hydrogens (tertiary/aromatic N) is 2. The number of ether oxygens (including phenoxy) is 1. The second kappa shape index (κ2) is 11.0. The molecule has 1 aliphatic heterocycles. The molecule has 164 valence electrons. The van der Waals surface area contributed by atoms with E-state index in [-0.39, 0.29) is 23.4 Å². The number of rotatable bonds is 10. The van der Waals surface area contributed by atoms with Gasteiger partial charge in [-0.3, -0.25) is 9.69 Å². The minimum absolute atomic E-state index is 0.0441. The molecule has 1 aromatic rings. The molecule has 1 heterocycles. The fraction of sp³-hybridized carbons (Fsp3) is 0.650. The van der Waals surface area contributed by atoms with Crippen molar-refractivity contribution in [2.24, 2.45) is 5.92 Å². The number of hydrogen-bond acceptors (Lipinski definition) is 5. The molecular formula is C20H32FN3O4S. The largest absolute Gasteiger partial charge is 0.379 e. The zero-order valence-corrected chi connectivity index (χ0v) is 18.3. The summed E-state index contributed by atoms with van der Waals surface area (Å²) in [6, 6.07) is 4.75. The summed E-state index contributed by atoms with van der Waals surface area (Å²) in [5, 5.41) is 2.91. The van der Waals surface area contributed by atoms with Crippen molar-refractivity contribution in [2.45, 2.75) is 37.6 Å². The van der Waals surface area contributed by atoms with E-state index in [1.807, 2.05) is 0 Å². The summed E-state index contributed by atoms with van der Waals surface area (Å²) in [6.07, 6.45) is 2.01. The van der Waals surface area contributed by atoms with E-state index in [1.165, 1.54) is 19.2 Å². The molecule has 0 spiro atoms. The Bertz CT molecular complexity index is 747. The smallest absolute Gasteiger partial charge is 0.243 e. The number of likely N-dealkylation sites (N-methyl/N-ethyl adjacent to an activating group) is 1. The summed E-state index contributed by atoms with van der Waals surface area (Å²) in [5.74, 6) is -0.434. The summed E-state index contributed by atoms with van der Waals surface area (Å²) < 4.78 is 44.6. The van der Waals surface area contributed by atoms with E-state index in [1.54, 1.807) is 0 Å². The van der Waals surface area contributed by atoms with E-state index in [2.05, 4.69) is 24.1 Å². The maximum absolute atomic E-state index is 13.1. The molecule has 0 bridgehead atoms. The molecule has 0 radical (unpaired) electrons. The number of nitrogens with one attached hydrogen (secondary N) is 1. The SMILES string of the molecule is CCC(CC)C(CNC(=O)CN(C)S(=O)(=O)c1ccc(F)cc1)N1CCOCC1. The van der Waals surface area contributed by atoms with Gasteiger partial charge < -0.3 is 10.1 Å². The standard InChI is InChI=1S/C20H32FN3O4S/c1-4-16(5-2)19(24-10-12-28-13-11-24)14-22-20(25)15-23(3)29(26,27)18-8-6-17(21)7-9-18/h6-9,16,19H,4-5,10-15H2,1-3H3,(H,22,25). The van der Waals surface area contributed by atoms with Gasteiger partial charge in [0.15, 0.2) is 0 Å². The van der Waals surface area contributed by atoms with Crippen LogP contribution in [0, 0.1) is 11.7 Å². The number of amides is 1. The predicted octanol–water partition coefficient (Wildman–Crippen LogP) is 1.70. The van der Waals surface area contributed by atoms with Crippen molar-refractivity contribution in [3.8, 4) is 0 Å². The Balaban J connectivity index is 1.97. The highest BCUT2D eigenvalue weighted by molar-refractivity contribution is 7.89. The Labute approximate surface area is 173 Å². The Morgan fingerprint density at radius 2 is 1.79 bits per heavy atom. The molecule has 9 heteroatoms. The molecule has 29 heavy (non-hydrogen) atoms. The first kappa shape index (κ1) is 23.7. The van der Waals surface area contributed by atoms with Gasteiger partial charge in [-0.15, -0.1) is 0 Å². The summed E-state index contributed by atoms with van der Waals surface area (Å²) >= 11 is 0. The van der Waals surface area contributed by atoms with Crippen molar-refractivity contribution in [1.29, 1.82) is 0 Å². The summed E-state index contributed by atoms with van der Waals surface area (Å²) in [4.78, 5) is 14.8. The van der Waals surface area contributed by atoms with Gasteiger partial charge in [-0.1, -0.05) is 26.7 Å². The second-order valence-corrected chi connectivity index (χ2v) is 9.36. The number of carbonyl (C=O) groups excluding carboxylic acids is 1. The van der Waals surface area contributed by atoms with Crippen LogP contribution in [0.4, 0.5) is 4.39 Å². The summed E-state index contributed by atoms with van der Waals surface area (Å²) in [6.45, 7) is 7.49.